The van der Waals surface area contributed by atoms with Crippen molar-refractivity contribution >= 4 is 23.3 Å². The molecule has 0 aromatic carbocycles. The van der Waals surface area contributed by atoms with Gasteiger partial charge in [0.05, 0.1) is 17.7 Å². The maximum atomic E-state index is 10.6. The first-order chi connectivity index (χ1) is 7.83. The topological polar surface area (TPSA) is 33.5 Å². The molecule has 84 valence electrons. The van der Waals surface area contributed by atoms with E-state index in [0.717, 1.165) is 35.7 Å². The van der Waals surface area contributed by atoms with Gasteiger partial charge in [0.15, 0.2) is 6.29 Å². The Hall–Kier alpha value is -1.55. The van der Waals surface area contributed by atoms with Crippen LogP contribution in [0.2, 0.25) is 0 Å². The fourth-order valence-corrected chi connectivity index (χ4v) is 2.26. The maximum absolute atomic E-state index is 10.6. The molecule has 0 fully saturated rings. The van der Waals surface area contributed by atoms with Gasteiger partial charge in [-0.2, -0.15) is 0 Å². The van der Waals surface area contributed by atoms with Crippen molar-refractivity contribution in [1.29, 1.82) is 0 Å². The Morgan fingerprint density at radius 3 is 3.00 bits per heavy atom. The highest BCUT2D eigenvalue weighted by Crippen LogP contribution is 2.23. The minimum absolute atomic E-state index is 0.735. The van der Waals surface area contributed by atoms with E-state index >= 15 is 0 Å². The second-order valence-electron chi connectivity index (χ2n) is 3.42. The highest BCUT2D eigenvalue weighted by atomic mass is 32.1. The minimum Gasteiger partial charge on any atom is -0.467 e. The number of hydrogen-bond acceptors (Lipinski definition) is 4. The summed E-state index contributed by atoms with van der Waals surface area (Å²) in [4.78, 5) is 13.5. The lowest BCUT2D eigenvalue weighted by molar-refractivity contribution is 0.112. The zero-order valence-corrected chi connectivity index (χ0v) is 9.87. The van der Waals surface area contributed by atoms with Gasteiger partial charge in [-0.1, -0.05) is 0 Å². The van der Waals surface area contributed by atoms with Crippen molar-refractivity contribution in [1.82, 2.24) is 0 Å². The molecule has 0 saturated carbocycles. The molecule has 0 spiro atoms. The lowest BCUT2D eigenvalue weighted by atomic mass is 10.3. The number of thiophene rings is 1. The summed E-state index contributed by atoms with van der Waals surface area (Å²) in [6, 6.07) is 5.74. The van der Waals surface area contributed by atoms with Crippen molar-refractivity contribution in [3.05, 3.63) is 40.5 Å². The Kier molecular flexibility index (Phi) is 3.41. The van der Waals surface area contributed by atoms with E-state index in [4.69, 9.17) is 4.42 Å². The first-order valence-electron chi connectivity index (χ1n) is 5.14. The summed E-state index contributed by atoms with van der Waals surface area (Å²) in [6.45, 7) is 3.70. The monoisotopic (exact) mass is 235 g/mol. The molecule has 16 heavy (non-hydrogen) atoms. The number of furan rings is 1. The van der Waals surface area contributed by atoms with Crippen LogP contribution in [0.1, 0.15) is 22.4 Å². The van der Waals surface area contributed by atoms with E-state index in [1.54, 1.807) is 6.26 Å². The average Bonchev–Trinajstić information content (AvgIpc) is 2.96. The molecule has 2 rings (SSSR count). The molecule has 0 unspecified atom stereocenters. The molecule has 2 aromatic heterocycles. The van der Waals surface area contributed by atoms with E-state index in [-0.39, 0.29) is 0 Å². The number of aldehydes is 1. The predicted molar refractivity (Wildman–Crippen MR) is 65.1 cm³/mol. The van der Waals surface area contributed by atoms with E-state index in [0.29, 0.717) is 0 Å². The standard InChI is InChI=1S/C12H13NO2S/c1-2-13(7-11-4-3-5-15-11)10-6-12(8-14)16-9-10/h3-6,8-9H,2,7H2,1H3. The van der Waals surface area contributed by atoms with Crippen molar-refractivity contribution in [3.63, 3.8) is 0 Å². The number of anilines is 1. The molecule has 4 heteroatoms. The molecular formula is C12H13NO2S. The van der Waals surface area contributed by atoms with Crippen LogP contribution in [-0.2, 0) is 6.54 Å². The van der Waals surface area contributed by atoms with Gasteiger partial charge >= 0.3 is 0 Å². The van der Waals surface area contributed by atoms with Crippen LogP contribution >= 0.6 is 11.3 Å². The van der Waals surface area contributed by atoms with Gasteiger partial charge in [0.2, 0.25) is 0 Å². The van der Waals surface area contributed by atoms with Crippen molar-refractivity contribution in [2.24, 2.45) is 0 Å². The molecule has 2 aromatic rings. The Bertz CT molecular complexity index is 447. The van der Waals surface area contributed by atoms with Gasteiger partial charge in [0.25, 0.3) is 0 Å². The molecule has 0 saturated heterocycles. The van der Waals surface area contributed by atoms with Gasteiger partial charge in [0, 0.05) is 17.6 Å². The van der Waals surface area contributed by atoms with E-state index in [2.05, 4.69) is 11.8 Å². The molecule has 0 N–H and O–H groups in total. The summed E-state index contributed by atoms with van der Waals surface area (Å²) in [5, 5.41) is 2.00. The zero-order chi connectivity index (χ0) is 11.4. The van der Waals surface area contributed by atoms with Crippen LogP contribution in [0.5, 0.6) is 0 Å². The minimum atomic E-state index is 0.735. The highest BCUT2D eigenvalue weighted by Gasteiger charge is 2.09. The summed E-state index contributed by atoms with van der Waals surface area (Å²) in [7, 11) is 0. The summed E-state index contributed by atoms with van der Waals surface area (Å²) in [5.74, 6) is 0.931. The number of carbonyl (C=O) groups is 1. The third-order valence-corrected chi connectivity index (χ3v) is 3.24. The van der Waals surface area contributed by atoms with Crippen LogP contribution < -0.4 is 4.90 Å². The zero-order valence-electron chi connectivity index (χ0n) is 9.05. The van der Waals surface area contributed by atoms with Crippen LogP contribution in [0, 0.1) is 0 Å². The van der Waals surface area contributed by atoms with Crippen LogP contribution in [-0.4, -0.2) is 12.8 Å². The van der Waals surface area contributed by atoms with Gasteiger partial charge in [0.1, 0.15) is 5.76 Å². The second-order valence-corrected chi connectivity index (χ2v) is 4.36. The fraction of sp³-hybridized carbons (Fsp3) is 0.250. The molecule has 0 radical (unpaired) electrons. The summed E-state index contributed by atoms with van der Waals surface area (Å²) < 4.78 is 5.31. The summed E-state index contributed by atoms with van der Waals surface area (Å²) in [5.41, 5.74) is 1.08. The summed E-state index contributed by atoms with van der Waals surface area (Å²) >= 11 is 1.47. The van der Waals surface area contributed by atoms with Crippen molar-refractivity contribution in [2.45, 2.75) is 13.5 Å². The first-order valence-corrected chi connectivity index (χ1v) is 6.02. The molecule has 0 amide bonds. The van der Waals surface area contributed by atoms with Crippen LogP contribution in [0.4, 0.5) is 5.69 Å². The van der Waals surface area contributed by atoms with Crippen molar-refractivity contribution < 1.29 is 9.21 Å². The third-order valence-electron chi connectivity index (χ3n) is 2.40. The predicted octanol–water partition coefficient (Wildman–Crippen LogP) is 3.18. The maximum Gasteiger partial charge on any atom is 0.160 e. The second kappa shape index (κ2) is 4.99. The molecule has 0 aliphatic heterocycles. The normalized spacial score (nSPS) is 10.3. The lowest BCUT2D eigenvalue weighted by Gasteiger charge is -2.19. The Morgan fingerprint density at radius 1 is 1.56 bits per heavy atom. The van der Waals surface area contributed by atoms with Crippen LogP contribution in [0.25, 0.3) is 0 Å². The van der Waals surface area contributed by atoms with Gasteiger partial charge in [-0.25, -0.2) is 0 Å². The molecule has 0 bridgehead atoms. The first kappa shape index (κ1) is 11.0. The van der Waals surface area contributed by atoms with E-state index in [1.807, 2.05) is 23.6 Å². The number of rotatable bonds is 5. The summed E-state index contributed by atoms with van der Waals surface area (Å²) in [6.07, 6.45) is 2.56. The molecule has 0 aliphatic carbocycles. The molecule has 0 aliphatic rings. The van der Waals surface area contributed by atoms with Gasteiger partial charge in [-0.3, -0.25) is 4.79 Å². The molecule has 3 nitrogen and oxygen atoms in total. The van der Waals surface area contributed by atoms with Gasteiger partial charge in [-0.15, -0.1) is 11.3 Å². The van der Waals surface area contributed by atoms with E-state index < -0.39 is 0 Å². The van der Waals surface area contributed by atoms with Gasteiger partial charge in [-0.05, 0) is 25.1 Å². The van der Waals surface area contributed by atoms with Gasteiger partial charge < -0.3 is 9.32 Å². The average molecular weight is 235 g/mol. The number of nitrogens with zero attached hydrogens (tertiary/aromatic N) is 1. The number of hydrogen-bond donors (Lipinski definition) is 0. The quantitative estimate of drug-likeness (QED) is 0.746. The van der Waals surface area contributed by atoms with Crippen molar-refractivity contribution in [2.75, 3.05) is 11.4 Å². The lowest BCUT2D eigenvalue weighted by Crippen LogP contribution is -2.20. The Balaban J connectivity index is 2.12. The van der Waals surface area contributed by atoms with E-state index in [9.17, 15) is 4.79 Å². The number of carbonyl (C=O) groups excluding carboxylic acids is 1. The molecular weight excluding hydrogens is 222 g/mol. The molecule has 2 heterocycles. The van der Waals surface area contributed by atoms with Crippen LogP contribution in [0.15, 0.2) is 34.3 Å². The van der Waals surface area contributed by atoms with Crippen LogP contribution in [0.3, 0.4) is 0 Å². The smallest absolute Gasteiger partial charge is 0.160 e. The SMILES string of the molecule is CCN(Cc1ccco1)c1csc(C=O)c1. The third kappa shape index (κ3) is 2.33. The fourth-order valence-electron chi connectivity index (χ4n) is 1.55. The highest BCUT2D eigenvalue weighted by molar-refractivity contribution is 7.12. The Morgan fingerprint density at radius 2 is 2.44 bits per heavy atom. The largest absolute Gasteiger partial charge is 0.467 e. The molecule has 0 atom stereocenters. The van der Waals surface area contributed by atoms with Crippen molar-refractivity contribution in [3.8, 4) is 0 Å². The van der Waals surface area contributed by atoms with E-state index in [1.165, 1.54) is 11.3 Å². The Labute approximate surface area is 98.3 Å².